The number of amides is 1. The van der Waals surface area contributed by atoms with Gasteiger partial charge in [-0.15, -0.1) is 15.0 Å². The van der Waals surface area contributed by atoms with Gasteiger partial charge in [-0.05, 0) is 50.5 Å². The van der Waals surface area contributed by atoms with E-state index in [0.29, 0.717) is 5.82 Å². The van der Waals surface area contributed by atoms with Crippen molar-refractivity contribution in [2.75, 3.05) is 0 Å². The van der Waals surface area contributed by atoms with Crippen LogP contribution in [0.3, 0.4) is 0 Å². The van der Waals surface area contributed by atoms with Crippen LogP contribution in [0.2, 0.25) is 0 Å². The minimum Gasteiger partial charge on any atom is -0.351 e. The van der Waals surface area contributed by atoms with Crippen LogP contribution in [-0.4, -0.2) is 31.7 Å². The molecule has 0 radical (unpaired) electrons. The van der Waals surface area contributed by atoms with Crippen molar-refractivity contribution in [2.45, 2.75) is 110 Å². The van der Waals surface area contributed by atoms with Gasteiger partial charge in [0.15, 0.2) is 5.82 Å². The molecule has 172 valence electrons. The number of hydrogen-bond acceptors (Lipinski definition) is 4. The Balaban J connectivity index is 1.78. The molecule has 0 spiro atoms. The predicted molar refractivity (Wildman–Crippen MR) is 126 cm³/mol. The van der Waals surface area contributed by atoms with Gasteiger partial charge in [-0.3, -0.25) is 4.79 Å². The third-order valence-electron chi connectivity index (χ3n) is 5.29. The zero-order chi connectivity index (χ0) is 22.5. The van der Waals surface area contributed by atoms with Gasteiger partial charge in [0, 0.05) is 5.54 Å². The summed E-state index contributed by atoms with van der Waals surface area (Å²) in [6.07, 6.45) is 14.5. The molecule has 2 aromatic rings. The van der Waals surface area contributed by atoms with Crippen molar-refractivity contribution in [3.63, 3.8) is 0 Å². The lowest BCUT2D eigenvalue weighted by molar-refractivity contribution is -0.121. The van der Waals surface area contributed by atoms with Crippen LogP contribution in [0.15, 0.2) is 24.3 Å². The van der Waals surface area contributed by atoms with E-state index in [1.54, 1.807) is 4.80 Å². The van der Waals surface area contributed by atoms with Crippen LogP contribution in [0, 0.1) is 0 Å². The van der Waals surface area contributed by atoms with Gasteiger partial charge in [-0.25, -0.2) is 0 Å². The summed E-state index contributed by atoms with van der Waals surface area (Å²) in [4.78, 5) is 13.7. The molecule has 0 atom stereocenters. The summed E-state index contributed by atoms with van der Waals surface area (Å²) in [6.45, 7) is 8.14. The van der Waals surface area contributed by atoms with Crippen LogP contribution in [0.1, 0.15) is 103 Å². The molecule has 1 amide bonds. The van der Waals surface area contributed by atoms with E-state index < -0.39 is 0 Å². The molecule has 0 aliphatic carbocycles. The van der Waals surface area contributed by atoms with Crippen LogP contribution in [0.25, 0.3) is 5.69 Å². The van der Waals surface area contributed by atoms with Crippen LogP contribution in [0.5, 0.6) is 0 Å². The predicted octanol–water partition coefficient (Wildman–Crippen LogP) is 5.58. The Morgan fingerprint density at radius 3 is 2.19 bits per heavy atom. The van der Waals surface area contributed by atoms with E-state index in [9.17, 15) is 4.79 Å². The molecule has 0 unspecified atom stereocenters. The molecular formula is C25H41N5O. The molecular weight excluding hydrogens is 386 g/mol. The summed E-state index contributed by atoms with van der Waals surface area (Å²) in [5.74, 6) is 0.348. The third kappa shape index (κ3) is 10.1. The maximum Gasteiger partial charge on any atom is 0.228 e. The molecule has 0 aliphatic heterocycles. The number of nitrogens with zero attached hydrogens (tertiary/aromatic N) is 4. The fourth-order valence-corrected chi connectivity index (χ4v) is 3.74. The van der Waals surface area contributed by atoms with E-state index in [0.717, 1.165) is 12.1 Å². The summed E-state index contributed by atoms with van der Waals surface area (Å²) < 4.78 is 0. The van der Waals surface area contributed by atoms with Gasteiger partial charge < -0.3 is 5.32 Å². The molecule has 1 aromatic heterocycles. The van der Waals surface area contributed by atoms with Gasteiger partial charge in [-0.2, -0.15) is 0 Å². The number of benzene rings is 1. The van der Waals surface area contributed by atoms with Crippen molar-refractivity contribution in [3.05, 3.63) is 35.7 Å². The lowest BCUT2D eigenvalue weighted by Crippen LogP contribution is -2.41. The Kier molecular flexibility index (Phi) is 10.7. The fraction of sp³-hybridized carbons (Fsp3) is 0.680. The van der Waals surface area contributed by atoms with Gasteiger partial charge in [0.25, 0.3) is 0 Å². The molecule has 0 bridgehead atoms. The molecule has 0 saturated carbocycles. The Bertz CT molecular complexity index is 778. The average Bonchev–Trinajstić information content (AvgIpc) is 3.16. The van der Waals surface area contributed by atoms with Gasteiger partial charge in [0.1, 0.15) is 0 Å². The third-order valence-corrected chi connectivity index (χ3v) is 5.29. The highest BCUT2D eigenvalue weighted by atomic mass is 16.1. The van der Waals surface area contributed by atoms with E-state index in [4.69, 9.17) is 0 Å². The first-order valence-electron chi connectivity index (χ1n) is 12.1. The minimum absolute atomic E-state index is 0.0919. The lowest BCUT2D eigenvalue weighted by Gasteiger charge is -2.19. The highest BCUT2D eigenvalue weighted by Crippen LogP contribution is 2.17. The summed E-state index contributed by atoms with van der Waals surface area (Å²) >= 11 is 0. The number of aromatic nitrogens is 4. The number of carbonyl (C=O) groups excluding carboxylic acids is 1. The molecule has 1 aromatic carbocycles. The van der Waals surface area contributed by atoms with E-state index in [-0.39, 0.29) is 17.9 Å². The Morgan fingerprint density at radius 1 is 0.935 bits per heavy atom. The number of carbonyl (C=O) groups is 1. The van der Waals surface area contributed by atoms with Crippen molar-refractivity contribution in [1.82, 2.24) is 25.5 Å². The first kappa shape index (κ1) is 25.0. The van der Waals surface area contributed by atoms with Crippen molar-refractivity contribution < 1.29 is 4.79 Å². The second kappa shape index (κ2) is 13.2. The van der Waals surface area contributed by atoms with Crippen molar-refractivity contribution in [2.24, 2.45) is 0 Å². The molecule has 2 rings (SSSR count). The number of nitrogens with one attached hydrogen (secondary N) is 1. The lowest BCUT2D eigenvalue weighted by atomic mass is 10.0. The van der Waals surface area contributed by atoms with E-state index >= 15 is 0 Å². The highest BCUT2D eigenvalue weighted by Gasteiger charge is 2.17. The van der Waals surface area contributed by atoms with E-state index in [1.807, 2.05) is 32.9 Å². The number of hydrogen-bond donors (Lipinski definition) is 1. The van der Waals surface area contributed by atoms with E-state index in [2.05, 4.69) is 39.8 Å². The maximum atomic E-state index is 12.1. The summed E-state index contributed by atoms with van der Waals surface area (Å²) in [5.41, 5.74) is 1.91. The van der Waals surface area contributed by atoms with Crippen LogP contribution in [0.4, 0.5) is 0 Å². The minimum atomic E-state index is -0.269. The molecule has 31 heavy (non-hydrogen) atoms. The molecule has 6 heteroatoms. The molecule has 0 saturated heterocycles. The topological polar surface area (TPSA) is 72.7 Å². The molecule has 6 nitrogen and oxygen atoms in total. The standard InChI is InChI=1S/C25H41N5O/c1-5-6-7-8-9-10-11-12-13-14-17-21-18-15-16-19-22(21)30-28-23(27-29-30)20-24(31)26-25(2,3)4/h15-16,18-19H,5-14,17,20H2,1-4H3,(H,26,31). The molecule has 1 N–H and O–H groups in total. The van der Waals surface area contributed by atoms with Gasteiger partial charge in [0.2, 0.25) is 5.91 Å². The number of tetrazole rings is 1. The number of rotatable bonds is 14. The summed E-state index contributed by atoms with van der Waals surface area (Å²) in [6, 6.07) is 8.21. The number of para-hydroxylation sites is 1. The van der Waals surface area contributed by atoms with Gasteiger partial charge >= 0.3 is 0 Å². The Hall–Kier alpha value is -2.24. The largest absolute Gasteiger partial charge is 0.351 e. The number of unbranched alkanes of at least 4 members (excludes halogenated alkanes) is 9. The SMILES string of the molecule is CCCCCCCCCCCCc1ccccc1-n1nnc(CC(=O)NC(C)(C)C)n1. The van der Waals surface area contributed by atoms with Gasteiger partial charge in [0.05, 0.1) is 12.1 Å². The van der Waals surface area contributed by atoms with Crippen LogP contribution < -0.4 is 5.32 Å². The van der Waals surface area contributed by atoms with Gasteiger partial charge in [-0.1, -0.05) is 82.9 Å². The Morgan fingerprint density at radius 2 is 1.55 bits per heavy atom. The van der Waals surface area contributed by atoms with Crippen molar-refractivity contribution in [3.8, 4) is 5.69 Å². The zero-order valence-corrected chi connectivity index (χ0v) is 20.0. The second-order valence-corrected chi connectivity index (χ2v) is 9.53. The zero-order valence-electron chi connectivity index (χ0n) is 20.0. The summed E-state index contributed by atoms with van der Waals surface area (Å²) in [5, 5.41) is 15.7. The number of aryl methyl sites for hydroxylation is 1. The van der Waals surface area contributed by atoms with Crippen LogP contribution in [-0.2, 0) is 17.6 Å². The highest BCUT2D eigenvalue weighted by molar-refractivity contribution is 5.78. The normalized spacial score (nSPS) is 11.6. The summed E-state index contributed by atoms with van der Waals surface area (Å²) in [7, 11) is 0. The van der Waals surface area contributed by atoms with Crippen LogP contribution >= 0.6 is 0 Å². The molecule has 0 aliphatic rings. The second-order valence-electron chi connectivity index (χ2n) is 9.53. The monoisotopic (exact) mass is 427 g/mol. The van der Waals surface area contributed by atoms with Crippen molar-refractivity contribution in [1.29, 1.82) is 0 Å². The first-order valence-corrected chi connectivity index (χ1v) is 12.1. The van der Waals surface area contributed by atoms with E-state index in [1.165, 1.54) is 69.8 Å². The quantitative estimate of drug-likeness (QED) is 0.399. The fourth-order valence-electron chi connectivity index (χ4n) is 3.74. The maximum absolute atomic E-state index is 12.1. The molecule has 1 heterocycles. The first-order chi connectivity index (χ1) is 14.9. The van der Waals surface area contributed by atoms with Crippen molar-refractivity contribution >= 4 is 5.91 Å². The average molecular weight is 428 g/mol. The molecule has 0 fully saturated rings. The smallest absolute Gasteiger partial charge is 0.228 e. The Labute approximate surface area is 188 Å².